The van der Waals surface area contributed by atoms with Crippen molar-refractivity contribution in [2.75, 3.05) is 31.1 Å². The Morgan fingerprint density at radius 2 is 1.58 bits per heavy atom. The van der Waals surface area contributed by atoms with E-state index >= 15 is 0 Å². The monoisotopic (exact) mass is 320 g/mol. The van der Waals surface area contributed by atoms with Gasteiger partial charge in [0.25, 0.3) is 0 Å². The summed E-state index contributed by atoms with van der Waals surface area (Å²) in [4.78, 5) is 5.19. The summed E-state index contributed by atoms with van der Waals surface area (Å²) in [5.41, 5.74) is 4.64. The van der Waals surface area contributed by atoms with Crippen LogP contribution in [0.25, 0.3) is 0 Å². The summed E-state index contributed by atoms with van der Waals surface area (Å²) < 4.78 is 0. The van der Waals surface area contributed by atoms with E-state index in [1.165, 1.54) is 43.9 Å². The van der Waals surface area contributed by atoms with Crippen molar-refractivity contribution in [2.45, 2.75) is 32.1 Å². The number of hydrogen-bond donors (Lipinski definition) is 0. The van der Waals surface area contributed by atoms with Gasteiger partial charge in [0, 0.05) is 29.9 Å². The van der Waals surface area contributed by atoms with Crippen molar-refractivity contribution in [3.63, 3.8) is 0 Å². The van der Waals surface area contributed by atoms with Crippen LogP contribution in [0.2, 0.25) is 0 Å². The van der Waals surface area contributed by atoms with Crippen molar-refractivity contribution >= 4 is 11.4 Å². The number of benzene rings is 2. The molecule has 126 valence electrons. The Bertz CT molecular complexity index is 684. The van der Waals surface area contributed by atoms with Gasteiger partial charge in [0.1, 0.15) is 0 Å². The molecule has 1 saturated heterocycles. The molecule has 2 aliphatic rings. The van der Waals surface area contributed by atoms with E-state index in [0.29, 0.717) is 5.41 Å². The van der Waals surface area contributed by atoms with E-state index in [1.54, 1.807) is 5.56 Å². The number of fused-ring (bicyclic) bond motifs is 2. The number of piperidine rings is 1. The third kappa shape index (κ3) is 2.73. The van der Waals surface area contributed by atoms with Crippen LogP contribution in [0.15, 0.2) is 54.6 Å². The van der Waals surface area contributed by atoms with Crippen LogP contribution in [0.5, 0.6) is 0 Å². The van der Waals surface area contributed by atoms with Gasteiger partial charge in [-0.3, -0.25) is 0 Å². The molecule has 2 aromatic carbocycles. The molecular formula is C22H28N2. The predicted octanol–water partition coefficient (Wildman–Crippen LogP) is 4.83. The molecule has 0 atom stereocenters. The lowest BCUT2D eigenvalue weighted by atomic mass is 9.74. The molecule has 2 aromatic rings. The van der Waals surface area contributed by atoms with E-state index < -0.39 is 0 Å². The van der Waals surface area contributed by atoms with Gasteiger partial charge >= 0.3 is 0 Å². The minimum absolute atomic E-state index is 0.333. The minimum atomic E-state index is 0.333. The lowest BCUT2D eigenvalue weighted by molar-refractivity contribution is 0.153. The van der Waals surface area contributed by atoms with Crippen LogP contribution in [0.3, 0.4) is 0 Å². The molecule has 2 heterocycles. The predicted molar refractivity (Wildman–Crippen MR) is 102 cm³/mol. The lowest BCUT2D eigenvalue weighted by Gasteiger charge is -2.40. The Morgan fingerprint density at radius 3 is 2.29 bits per heavy atom. The second kappa shape index (κ2) is 6.25. The van der Waals surface area contributed by atoms with Gasteiger partial charge in [0.2, 0.25) is 0 Å². The van der Waals surface area contributed by atoms with Crippen LogP contribution in [0.4, 0.5) is 11.4 Å². The van der Waals surface area contributed by atoms with E-state index in [9.17, 15) is 0 Å². The molecule has 2 heteroatoms. The van der Waals surface area contributed by atoms with Crippen LogP contribution < -0.4 is 4.90 Å². The molecule has 0 radical (unpaired) electrons. The fourth-order valence-electron chi connectivity index (χ4n) is 4.58. The smallest absolute Gasteiger partial charge is 0.0449 e. The van der Waals surface area contributed by atoms with Crippen molar-refractivity contribution in [1.82, 2.24) is 4.90 Å². The Kier molecular flexibility index (Phi) is 4.09. The van der Waals surface area contributed by atoms with E-state index in [0.717, 1.165) is 12.5 Å². The Hall–Kier alpha value is -1.80. The normalized spacial score (nSPS) is 19.9. The van der Waals surface area contributed by atoms with Crippen molar-refractivity contribution in [3.05, 3.63) is 60.2 Å². The maximum atomic E-state index is 2.66. The quantitative estimate of drug-likeness (QED) is 0.799. The second-order valence-corrected chi connectivity index (χ2v) is 7.91. The molecule has 1 fully saturated rings. The SMILES string of the molecule is CC(C)CN1CCC2(CC1)CN(c1ccccc1)c1ccccc12. The molecule has 0 aliphatic carbocycles. The van der Waals surface area contributed by atoms with E-state index in [1.807, 2.05) is 0 Å². The number of para-hydroxylation sites is 2. The van der Waals surface area contributed by atoms with Crippen LogP contribution >= 0.6 is 0 Å². The highest BCUT2D eigenvalue weighted by Crippen LogP contribution is 2.49. The molecule has 0 N–H and O–H groups in total. The number of hydrogen-bond acceptors (Lipinski definition) is 2. The molecule has 24 heavy (non-hydrogen) atoms. The van der Waals surface area contributed by atoms with Gasteiger partial charge in [-0.25, -0.2) is 0 Å². The maximum Gasteiger partial charge on any atom is 0.0449 e. The van der Waals surface area contributed by atoms with Gasteiger partial charge in [-0.15, -0.1) is 0 Å². The summed E-state index contributed by atoms with van der Waals surface area (Å²) >= 11 is 0. The van der Waals surface area contributed by atoms with Crippen molar-refractivity contribution in [3.8, 4) is 0 Å². The minimum Gasteiger partial charge on any atom is -0.340 e. The molecule has 2 aliphatic heterocycles. The third-order valence-corrected chi connectivity index (χ3v) is 5.73. The summed E-state index contributed by atoms with van der Waals surface area (Å²) in [6.45, 7) is 9.48. The Labute approximate surface area is 146 Å². The van der Waals surface area contributed by atoms with E-state index in [4.69, 9.17) is 0 Å². The second-order valence-electron chi connectivity index (χ2n) is 7.91. The van der Waals surface area contributed by atoms with E-state index in [2.05, 4.69) is 78.2 Å². The van der Waals surface area contributed by atoms with Gasteiger partial charge in [-0.1, -0.05) is 50.2 Å². The first-order valence-electron chi connectivity index (χ1n) is 9.32. The van der Waals surface area contributed by atoms with Gasteiger partial charge < -0.3 is 9.80 Å². The Morgan fingerprint density at radius 1 is 0.917 bits per heavy atom. The zero-order valence-electron chi connectivity index (χ0n) is 14.9. The van der Waals surface area contributed by atoms with Crippen LogP contribution in [-0.2, 0) is 5.41 Å². The molecule has 0 aromatic heterocycles. The summed E-state index contributed by atoms with van der Waals surface area (Å²) in [5.74, 6) is 0.760. The first-order chi connectivity index (χ1) is 11.7. The molecule has 0 amide bonds. The van der Waals surface area contributed by atoms with Crippen LogP contribution in [-0.4, -0.2) is 31.1 Å². The summed E-state index contributed by atoms with van der Waals surface area (Å²) in [7, 11) is 0. The average molecular weight is 320 g/mol. The van der Waals surface area contributed by atoms with Crippen molar-refractivity contribution in [1.29, 1.82) is 0 Å². The summed E-state index contributed by atoms with van der Waals surface area (Å²) in [5, 5.41) is 0. The number of nitrogens with zero attached hydrogens (tertiary/aromatic N) is 2. The van der Waals surface area contributed by atoms with Gasteiger partial charge in [0.15, 0.2) is 0 Å². The first kappa shape index (κ1) is 15.7. The molecule has 0 saturated carbocycles. The average Bonchev–Trinajstić information content (AvgIpc) is 2.93. The topological polar surface area (TPSA) is 6.48 Å². The molecule has 1 spiro atoms. The van der Waals surface area contributed by atoms with Crippen LogP contribution in [0, 0.1) is 5.92 Å². The molecule has 0 unspecified atom stereocenters. The van der Waals surface area contributed by atoms with E-state index in [-0.39, 0.29) is 0 Å². The fraction of sp³-hybridized carbons (Fsp3) is 0.455. The molecule has 0 bridgehead atoms. The molecular weight excluding hydrogens is 292 g/mol. The Balaban J connectivity index is 1.62. The number of likely N-dealkylation sites (tertiary alicyclic amines) is 1. The van der Waals surface area contributed by atoms with Crippen molar-refractivity contribution < 1.29 is 0 Å². The molecule has 2 nitrogen and oxygen atoms in total. The third-order valence-electron chi connectivity index (χ3n) is 5.73. The standard InChI is InChI=1S/C22H28N2/c1-18(2)16-23-14-12-22(13-15-23)17-24(19-8-4-3-5-9-19)21-11-7-6-10-20(21)22/h3-11,18H,12-17H2,1-2H3. The largest absolute Gasteiger partial charge is 0.340 e. The van der Waals surface area contributed by atoms with Gasteiger partial charge in [-0.2, -0.15) is 0 Å². The van der Waals surface area contributed by atoms with Crippen LogP contribution in [0.1, 0.15) is 32.3 Å². The fourth-order valence-corrected chi connectivity index (χ4v) is 4.58. The van der Waals surface area contributed by atoms with Gasteiger partial charge in [-0.05, 0) is 55.6 Å². The summed E-state index contributed by atoms with van der Waals surface area (Å²) in [6, 6.07) is 20.0. The first-order valence-corrected chi connectivity index (χ1v) is 9.32. The highest BCUT2D eigenvalue weighted by molar-refractivity contribution is 5.72. The summed E-state index contributed by atoms with van der Waals surface area (Å²) in [6.07, 6.45) is 2.56. The highest BCUT2D eigenvalue weighted by Gasteiger charge is 2.44. The highest BCUT2D eigenvalue weighted by atomic mass is 15.2. The lowest BCUT2D eigenvalue weighted by Crippen LogP contribution is -2.45. The zero-order chi connectivity index (χ0) is 16.6. The van der Waals surface area contributed by atoms with Crippen molar-refractivity contribution in [2.24, 2.45) is 5.92 Å². The van der Waals surface area contributed by atoms with Gasteiger partial charge in [0.05, 0.1) is 0 Å². The number of rotatable bonds is 3. The zero-order valence-corrected chi connectivity index (χ0v) is 14.9. The molecule has 4 rings (SSSR count). The number of anilines is 2. The maximum absolute atomic E-state index is 2.66.